The van der Waals surface area contributed by atoms with E-state index < -0.39 is 11.9 Å². The highest BCUT2D eigenvalue weighted by Gasteiger charge is 2.25. The first-order valence-corrected chi connectivity index (χ1v) is 11.6. The van der Waals surface area contributed by atoms with E-state index in [0.717, 1.165) is 16.9 Å². The number of halogens is 3. The van der Waals surface area contributed by atoms with Gasteiger partial charge in [-0.3, -0.25) is 9.59 Å². The van der Waals surface area contributed by atoms with Crippen molar-refractivity contribution in [1.82, 2.24) is 25.2 Å². The molecule has 1 aromatic carbocycles. The van der Waals surface area contributed by atoms with Gasteiger partial charge in [-0.05, 0) is 32.9 Å². The minimum absolute atomic E-state index is 0. The minimum atomic E-state index is -0.567. The molecule has 2 heterocycles. The van der Waals surface area contributed by atoms with Gasteiger partial charge in [0.25, 0.3) is 11.7 Å². The molecule has 12 nitrogen and oxygen atoms in total. The number of rotatable bonds is 10. The predicted octanol–water partition coefficient (Wildman–Crippen LogP) is -2.23. The topological polar surface area (TPSA) is 180 Å². The first kappa shape index (κ1) is 32.0. The van der Waals surface area contributed by atoms with Crippen molar-refractivity contribution in [2.24, 2.45) is 5.73 Å². The van der Waals surface area contributed by atoms with E-state index in [2.05, 4.69) is 29.7 Å². The molecular weight excluding hydrogens is 545 g/mol. The Balaban J connectivity index is 0.00000342. The molecule has 0 saturated carbocycles. The van der Waals surface area contributed by atoms with Crippen molar-refractivity contribution in [3.05, 3.63) is 34.9 Å². The number of carbonyl (C=O) groups excluding carboxylic acids is 2. The Morgan fingerprint density at radius 1 is 1.19 bits per heavy atom. The summed E-state index contributed by atoms with van der Waals surface area (Å²) in [5.41, 5.74) is 18.8. The summed E-state index contributed by atoms with van der Waals surface area (Å²) in [4.78, 5) is 32.1. The third-order valence-electron chi connectivity index (χ3n) is 5.39. The normalized spacial score (nSPS) is 11.3. The molecule has 204 valence electrons. The van der Waals surface area contributed by atoms with Crippen LogP contribution in [0.3, 0.4) is 0 Å². The van der Waals surface area contributed by atoms with Gasteiger partial charge in [0.05, 0.1) is 25.7 Å². The van der Waals surface area contributed by atoms with E-state index in [-0.39, 0.29) is 59.7 Å². The Labute approximate surface area is 232 Å². The van der Waals surface area contributed by atoms with Gasteiger partial charge < -0.3 is 45.0 Å². The number of fused-ring (bicyclic) bond motifs is 1. The van der Waals surface area contributed by atoms with E-state index >= 15 is 0 Å². The SMILES string of the molecule is CCn1c(CNC(=O)c2nc(Cl)c(N)nc2N)[n+](CC)c2ccc(OCCNC(=O)[C@H](C)N)cc21.Cl.[Cl-]. The van der Waals surface area contributed by atoms with Crippen molar-refractivity contribution in [3.63, 3.8) is 0 Å². The Morgan fingerprint density at radius 2 is 1.89 bits per heavy atom. The van der Waals surface area contributed by atoms with E-state index in [1.165, 1.54) is 0 Å². The molecule has 8 N–H and O–H groups in total. The van der Waals surface area contributed by atoms with Crippen molar-refractivity contribution < 1.29 is 31.3 Å². The number of ether oxygens (including phenoxy) is 1. The number of aryl methyl sites for hydroxylation is 2. The molecule has 0 aliphatic heterocycles. The monoisotopic (exact) mass is 575 g/mol. The van der Waals surface area contributed by atoms with Crippen LogP contribution < -0.4 is 49.5 Å². The van der Waals surface area contributed by atoms with Gasteiger partial charge in [-0.25, -0.2) is 19.1 Å². The minimum Gasteiger partial charge on any atom is -1.00 e. The van der Waals surface area contributed by atoms with Crippen LogP contribution in [0.15, 0.2) is 18.2 Å². The number of carbonyl (C=O) groups is 2. The molecule has 3 rings (SSSR count). The average Bonchev–Trinajstić information content (AvgIpc) is 3.13. The average molecular weight is 577 g/mol. The lowest BCUT2D eigenvalue weighted by molar-refractivity contribution is -0.676. The van der Waals surface area contributed by atoms with Gasteiger partial charge in [0.1, 0.15) is 18.9 Å². The zero-order valence-corrected chi connectivity index (χ0v) is 23.1. The third-order valence-corrected chi connectivity index (χ3v) is 5.67. The van der Waals surface area contributed by atoms with Crippen LogP contribution in [0.5, 0.6) is 5.75 Å². The predicted molar refractivity (Wildman–Crippen MR) is 140 cm³/mol. The second-order valence-electron chi connectivity index (χ2n) is 7.80. The number of amides is 2. The van der Waals surface area contributed by atoms with Gasteiger partial charge in [-0.15, -0.1) is 12.4 Å². The number of nitrogens with one attached hydrogen (secondary N) is 2. The third kappa shape index (κ3) is 7.25. The van der Waals surface area contributed by atoms with Crippen LogP contribution in [0.4, 0.5) is 11.6 Å². The highest BCUT2D eigenvalue weighted by atomic mass is 35.5. The van der Waals surface area contributed by atoms with Crippen LogP contribution in [-0.2, 0) is 24.4 Å². The number of nitrogen functional groups attached to an aromatic ring is 2. The van der Waals surface area contributed by atoms with Crippen LogP contribution in [0, 0.1) is 0 Å². The second-order valence-corrected chi connectivity index (χ2v) is 8.16. The smallest absolute Gasteiger partial charge is 0.277 e. The molecule has 0 radical (unpaired) electrons. The second kappa shape index (κ2) is 14.0. The number of nitrogens with zero attached hydrogens (tertiary/aromatic N) is 4. The highest BCUT2D eigenvalue weighted by Crippen LogP contribution is 2.22. The van der Waals surface area contributed by atoms with E-state index in [1.807, 2.05) is 32.0 Å². The van der Waals surface area contributed by atoms with Crippen molar-refractivity contribution in [2.75, 3.05) is 24.6 Å². The number of hydrogen-bond acceptors (Lipinski definition) is 8. The molecule has 0 spiro atoms. The van der Waals surface area contributed by atoms with E-state index in [4.69, 9.17) is 33.5 Å². The lowest BCUT2D eigenvalue weighted by Crippen LogP contribution is -3.00. The zero-order chi connectivity index (χ0) is 25.7. The molecule has 0 saturated heterocycles. The summed E-state index contributed by atoms with van der Waals surface area (Å²) in [5, 5.41) is 5.48. The number of hydrogen-bond donors (Lipinski definition) is 5. The fourth-order valence-electron chi connectivity index (χ4n) is 3.71. The van der Waals surface area contributed by atoms with Crippen LogP contribution in [0.2, 0.25) is 5.15 Å². The van der Waals surface area contributed by atoms with Crippen LogP contribution in [-0.4, -0.2) is 45.5 Å². The Morgan fingerprint density at radius 3 is 2.51 bits per heavy atom. The molecule has 3 aromatic rings. The fourth-order valence-corrected chi connectivity index (χ4v) is 3.84. The molecule has 2 aromatic heterocycles. The molecule has 0 unspecified atom stereocenters. The Hall–Kier alpha value is -3.06. The first-order chi connectivity index (χ1) is 16.7. The van der Waals surface area contributed by atoms with Gasteiger partial charge in [0.2, 0.25) is 5.91 Å². The van der Waals surface area contributed by atoms with E-state index in [0.29, 0.717) is 32.0 Å². The summed E-state index contributed by atoms with van der Waals surface area (Å²) in [6, 6.07) is 5.21. The van der Waals surface area contributed by atoms with Gasteiger partial charge in [0.15, 0.2) is 33.5 Å². The number of imidazole rings is 1. The van der Waals surface area contributed by atoms with E-state index in [1.54, 1.807) is 6.92 Å². The number of aromatic nitrogens is 4. The molecule has 2 amide bonds. The van der Waals surface area contributed by atoms with E-state index in [9.17, 15) is 9.59 Å². The molecule has 0 bridgehead atoms. The van der Waals surface area contributed by atoms with Crippen LogP contribution in [0.1, 0.15) is 37.1 Å². The Bertz CT molecular complexity index is 1250. The lowest BCUT2D eigenvalue weighted by atomic mass is 10.3. The van der Waals surface area contributed by atoms with Crippen molar-refractivity contribution in [1.29, 1.82) is 0 Å². The standard InChI is InChI=1S/C22H30ClN9O3.2ClH/c1-4-31-14-7-6-13(35-9-8-27-21(33)12(3)24)10-15(14)32(5-2)16(31)11-28-22(34)17-19(25)30-20(26)18(23)29-17;;/h6-7,10,12H,4-5,8-9,11,24H2,1-3H3,(H5-,25,26,27,28,30,33,34);2*1H/t12-;;/m0../s1. The first-order valence-electron chi connectivity index (χ1n) is 11.3. The summed E-state index contributed by atoms with van der Waals surface area (Å²) < 4.78 is 10.0. The van der Waals surface area contributed by atoms with Crippen molar-refractivity contribution in [3.8, 4) is 5.75 Å². The summed E-state index contributed by atoms with van der Waals surface area (Å²) in [6.45, 7) is 7.90. The Kier molecular flexibility index (Phi) is 12.1. The summed E-state index contributed by atoms with van der Waals surface area (Å²) in [5.74, 6) is 0.678. The molecule has 1 atom stereocenters. The number of nitrogens with two attached hydrogens (primary N) is 3. The molecule has 37 heavy (non-hydrogen) atoms. The lowest BCUT2D eigenvalue weighted by Gasteiger charge is -2.09. The van der Waals surface area contributed by atoms with Gasteiger partial charge >= 0.3 is 0 Å². The van der Waals surface area contributed by atoms with Crippen LogP contribution in [0.25, 0.3) is 11.0 Å². The summed E-state index contributed by atoms with van der Waals surface area (Å²) >= 11 is 5.90. The molecule has 0 fully saturated rings. The van der Waals surface area contributed by atoms with Crippen LogP contribution >= 0.6 is 24.0 Å². The zero-order valence-electron chi connectivity index (χ0n) is 20.8. The highest BCUT2D eigenvalue weighted by molar-refractivity contribution is 6.31. The summed E-state index contributed by atoms with van der Waals surface area (Å²) in [7, 11) is 0. The molecular formula is C22H32Cl3N9O3. The number of benzene rings is 1. The van der Waals surface area contributed by atoms with Gasteiger partial charge in [-0.1, -0.05) is 11.6 Å². The molecule has 15 heteroatoms. The molecule has 0 aliphatic rings. The fraction of sp³-hybridized carbons (Fsp3) is 0.409. The van der Waals surface area contributed by atoms with Crippen molar-refractivity contribution >= 4 is 58.5 Å². The quantitative estimate of drug-likeness (QED) is 0.133. The largest absolute Gasteiger partial charge is 1.00 e. The van der Waals surface area contributed by atoms with Gasteiger partial charge in [0, 0.05) is 6.07 Å². The van der Waals surface area contributed by atoms with Gasteiger partial charge in [-0.2, -0.15) is 0 Å². The maximum absolute atomic E-state index is 12.7. The molecule has 0 aliphatic carbocycles. The summed E-state index contributed by atoms with van der Waals surface area (Å²) in [6.07, 6.45) is 0. The maximum Gasteiger partial charge on any atom is 0.277 e. The maximum atomic E-state index is 12.7. The van der Waals surface area contributed by atoms with Crippen molar-refractivity contribution in [2.45, 2.75) is 46.4 Å². The number of anilines is 2.